The molecule has 1 aromatic carbocycles. The van der Waals surface area contributed by atoms with Crippen molar-refractivity contribution in [3.05, 3.63) is 30.3 Å². The summed E-state index contributed by atoms with van der Waals surface area (Å²) in [5.41, 5.74) is 0. The second kappa shape index (κ2) is 21.9. The van der Waals surface area contributed by atoms with E-state index in [0.29, 0.717) is 18.6 Å². The molecule has 0 heterocycles. The normalized spacial score (nSPS) is 10.2. The van der Waals surface area contributed by atoms with Gasteiger partial charge in [-0.3, -0.25) is 9.59 Å². The van der Waals surface area contributed by atoms with Crippen molar-refractivity contribution < 1.29 is 19.4 Å². The van der Waals surface area contributed by atoms with Crippen LogP contribution in [0.15, 0.2) is 30.3 Å². The van der Waals surface area contributed by atoms with Crippen LogP contribution in [0.2, 0.25) is 0 Å². The number of carboxylic acids is 1. The standard InChI is InChI=1S/C16H24O2.C10H20O2/c1-2-3-4-5-6-7-11-14-16(17)18-15-12-9-8-10-13-15;1-2-3-4-5-6-7-8-9-10(11)12/h8-10,12-13H,2-7,11,14H2,1H3;2-9H2,1H3,(H,11,12). The molecule has 0 fully saturated rings. The summed E-state index contributed by atoms with van der Waals surface area (Å²) in [6, 6.07) is 9.27. The van der Waals surface area contributed by atoms with Crippen molar-refractivity contribution in [1.29, 1.82) is 0 Å². The summed E-state index contributed by atoms with van der Waals surface area (Å²) >= 11 is 0. The number of carbonyl (C=O) groups is 2. The predicted molar refractivity (Wildman–Crippen MR) is 125 cm³/mol. The van der Waals surface area contributed by atoms with Gasteiger partial charge in [-0.25, -0.2) is 0 Å². The second-order valence-electron chi connectivity index (χ2n) is 7.92. The summed E-state index contributed by atoms with van der Waals surface area (Å²) < 4.78 is 5.22. The van der Waals surface area contributed by atoms with E-state index in [4.69, 9.17) is 9.84 Å². The Morgan fingerprint density at radius 1 is 0.667 bits per heavy atom. The zero-order chi connectivity index (χ0) is 22.3. The van der Waals surface area contributed by atoms with Gasteiger partial charge in [0.2, 0.25) is 0 Å². The van der Waals surface area contributed by atoms with Crippen LogP contribution in [0.25, 0.3) is 0 Å². The molecule has 0 atom stereocenters. The maximum atomic E-state index is 11.5. The molecule has 0 aliphatic carbocycles. The Morgan fingerprint density at radius 3 is 1.57 bits per heavy atom. The van der Waals surface area contributed by atoms with Crippen LogP contribution >= 0.6 is 0 Å². The highest BCUT2D eigenvalue weighted by Crippen LogP contribution is 2.12. The topological polar surface area (TPSA) is 63.6 Å². The maximum Gasteiger partial charge on any atom is 0.311 e. The van der Waals surface area contributed by atoms with Gasteiger partial charge in [-0.1, -0.05) is 109 Å². The van der Waals surface area contributed by atoms with Crippen LogP contribution in [0, 0.1) is 0 Å². The Kier molecular flexibility index (Phi) is 20.5. The van der Waals surface area contributed by atoms with Crippen molar-refractivity contribution in [2.24, 2.45) is 0 Å². The Balaban J connectivity index is 0.000000612. The van der Waals surface area contributed by atoms with Gasteiger partial charge in [0.05, 0.1) is 0 Å². The molecule has 0 aromatic heterocycles. The Morgan fingerprint density at radius 2 is 1.10 bits per heavy atom. The van der Waals surface area contributed by atoms with Gasteiger partial charge >= 0.3 is 11.9 Å². The molecule has 1 aromatic rings. The van der Waals surface area contributed by atoms with E-state index in [2.05, 4.69) is 13.8 Å². The van der Waals surface area contributed by atoms with Crippen LogP contribution in [-0.4, -0.2) is 17.0 Å². The zero-order valence-electron chi connectivity index (χ0n) is 19.4. The minimum atomic E-state index is -0.663. The van der Waals surface area contributed by atoms with Gasteiger partial charge in [-0.05, 0) is 25.0 Å². The molecule has 172 valence electrons. The van der Waals surface area contributed by atoms with Crippen molar-refractivity contribution in [3.63, 3.8) is 0 Å². The second-order valence-corrected chi connectivity index (χ2v) is 7.92. The quantitative estimate of drug-likeness (QED) is 0.158. The molecule has 4 nitrogen and oxygen atoms in total. The first-order valence-electron chi connectivity index (χ1n) is 12.1. The number of hydrogen-bond donors (Lipinski definition) is 1. The van der Waals surface area contributed by atoms with Gasteiger partial charge < -0.3 is 9.84 Å². The molecule has 30 heavy (non-hydrogen) atoms. The first-order chi connectivity index (χ1) is 14.6. The minimum Gasteiger partial charge on any atom is -0.481 e. The molecule has 1 N–H and O–H groups in total. The third-order valence-electron chi connectivity index (χ3n) is 4.95. The lowest BCUT2D eigenvalue weighted by Gasteiger charge is -2.04. The van der Waals surface area contributed by atoms with Crippen molar-refractivity contribution >= 4 is 11.9 Å². The fourth-order valence-electron chi connectivity index (χ4n) is 3.13. The van der Waals surface area contributed by atoms with E-state index in [1.54, 1.807) is 0 Å². The van der Waals surface area contributed by atoms with Gasteiger partial charge in [0.1, 0.15) is 5.75 Å². The molecule has 0 spiro atoms. The van der Waals surface area contributed by atoms with Crippen molar-refractivity contribution in [3.8, 4) is 5.75 Å². The molecule has 0 aliphatic rings. The number of rotatable bonds is 17. The highest BCUT2D eigenvalue weighted by molar-refractivity contribution is 5.72. The number of benzene rings is 1. The molecule has 0 amide bonds. The van der Waals surface area contributed by atoms with E-state index in [0.717, 1.165) is 25.7 Å². The minimum absolute atomic E-state index is 0.116. The number of para-hydroxylation sites is 1. The molecule has 0 saturated heterocycles. The van der Waals surface area contributed by atoms with Crippen LogP contribution in [0.3, 0.4) is 0 Å². The molecular formula is C26H44O4. The average molecular weight is 421 g/mol. The largest absolute Gasteiger partial charge is 0.481 e. The molecule has 0 radical (unpaired) electrons. The third kappa shape index (κ3) is 20.9. The number of aliphatic carboxylic acids is 1. The van der Waals surface area contributed by atoms with Crippen LogP contribution in [0.5, 0.6) is 5.75 Å². The summed E-state index contributed by atoms with van der Waals surface area (Å²) in [4.78, 5) is 21.7. The SMILES string of the molecule is CCCCCCCCCC(=O)O.CCCCCCCCCC(=O)Oc1ccccc1. The lowest BCUT2D eigenvalue weighted by Crippen LogP contribution is -2.07. The zero-order valence-corrected chi connectivity index (χ0v) is 19.4. The summed E-state index contributed by atoms with van der Waals surface area (Å²) in [6.45, 7) is 4.42. The van der Waals surface area contributed by atoms with Crippen molar-refractivity contribution in [2.75, 3.05) is 0 Å². The number of esters is 1. The fourth-order valence-corrected chi connectivity index (χ4v) is 3.13. The number of unbranched alkanes of at least 4 members (excludes halogenated alkanes) is 12. The molecule has 0 saturated carbocycles. The number of carboxylic acid groups (broad SMARTS) is 1. The molecule has 1 rings (SSSR count). The summed E-state index contributed by atoms with van der Waals surface area (Å²) in [7, 11) is 0. The summed E-state index contributed by atoms with van der Waals surface area (Å²) in [6.07, 6.45) is 17.7. The van der Waals surface area contributed by atoms with Crippen LogP contribution in [-0.2, 0) is 9.59 Å². The van der Waals surface area contributed by atoms with Gasteiger partial charge in [0.25, 0.3) is 0 Å². The number of ether oxygens (including phenoxy) is 1. The van der Waals surface area contributed by atoms with Gasteiger partial charge in [0, 0.05) is 12.8 Å². The van der Waals surface area contributed by atoms with Crippen LogP contribution in [0.4, 0.5) is 0 Å². The predicted octanol–water partition coefficient (Wildman–Crippen LogP) is 7.94. The average Bonchev–Trinajstić information content (AvgIpc) is 2.73. The van der Waals surface area contributed by atoms with Crippen LogP contribution < -0.4 is 4.74 Å². The highest BCUT2D eigenvalue weighted by atomic mass is 16.5. The third-order valence-corrected chi connectivity index (χ3v) is 4.95. The Hall–Kier alpha value is -1.84. The fraction of sp³-hybridized carbons (Fsp3) is 0.692. The van der Waals surface area contributed by atoms with E-state index in [1.165, 1.54) is 64.2 Å². The number of hydrogen-bond acceptors (Lipinski definition) is 3. The number of carbonyl (C=O) groups excluding carboxylic acids is 1. The van der Waals surface area contributed by atoms with E-state index in [9.17, 15) is 9.59 Å². The Labute approximate surface area is 184 Å². The monoisotopic (exact) mass is 420 g/mol. The van der Waals surface area contributed by atoms with Crippen LogP contribution in [0.1, 0.15) is 117 Å². The first kappa shape index (κ1) is 28.2. The molecule has 4 heteroatoms. The summed E-state index contributed by atoms with van der Waals surface area (Å²) in [5.74, 6) is -0.135. The highest BCUT2D eigenvalue weighted by Gasteiger charge is 2.03. The van der Waals surface area contributed by atoms with Crippen molar-refractivity contribution in [1.82, 2.24) is 0 Å². The Bertz CT molecular complexity index is 513. The van der Waals surface area contributed by atoms with Crippen molar-refractivity contribution in [2.45, 2.75) is 117 Å². The van der Waals surface area contributed by atoms with E-state index in [1.807, 2.05) is 30.3 Å². The van der Waals surface area contributed by atoms with E-state index in [-0.39, 0.29) is 5.97 Å². The maximum absolute atomic E-state index is 11.5. The van der Waals surface area contributed by atoms with Gasteiger partial charge in [0.15, 0.2) is 0 Å². The van der Waals surface area contributed by atoms with E-state index >= 15 is 0 Å². The van der Waals surface area contributed by atoms with Gasteiger partial charge in [-0.15, -0.1) is 0 Å². The smallest absolute Gasteiger partial charge is 0.311 e. The lowest BCUT2D eigenvalue weighted by atomic mass is 10.1. The molecular weight excluding hydrogens is 376 g/mol. The summed E-state index contributed by atoms with van der Waals surface area (Å²) in [5, 5.41) is 8.35. The molecule has 0 bridgehead atoms. The molecule has 0 aliphatic heterocycles. The first-order valence-corrected chi connectivity index (χ1v) is 12.1. The lowest BCUT2D eigenvalue weighted by molar-refractivity contribution is -0.137. The van der Waals surface area contributed by atoms with E-state index < -0.39 is 5.97 Å². The van der Waals surface area contributed by atoms with Gasteiger partial charge in [-0.2, -0.15) is 0 Å². The molecule has 0 unspecified atom stereocenters.